The summed E-state index contributed by atoms with van der Waals surface area (Å²) in [6.45, 7) is 6.03. The number of carbonyl (C=O) groups is 2. The molecule has 1 unspecified atom stereocenters. The summed E-state index contributed by atoms with van der Waals surface area (Å²) in [6.07, 6.45) is 4.95. The van der Waals surface area contributed by atoms with E-state index in [9.17, 15) is 9.59 Å². The highest BCUT2D eigenvalue weighted by molar-refractivity contribution is 7.15. The Kier molecular flexibility index (Phi) is 6.16. The second kappa shape index (κ2) is 8.75. The fourth-order valence-corrected chi connectivity index (χ4v) is 3.36. The summed E-state index contributed by atoms with van der Waals surface area (Å²) in [5.41, 5.74) is 2.07. The van der Waals surface area contributed by atoms with E-state index >= 15 is 0 Å². The monoisotopic (exact) mass is 394 g/mol. The Hall–Kier alpha value is -3.06. The number of nitrogens with zero attached hydrogens (tertiary/aromatic N) is 2. The fourth-order valence-electron chi connectivity index (χ4n) is 2.54. The maximum atomic E-state index is 12.5. The highest BCUT2D eigenvalue weighted by atomic mass is 32.1. The third kappa shape index (κ3) is 4.80. The van der Waals surface area contributed by atoms with E-state index in [4.69, 9.17) is 0 Å². The van der Waals surface area contributed by atoms with Crippen molar-refractivity contribution in [2.24, 2.45) is 0 Å². The minimum absolute atomic E-state index is 0.113. The van der Waals surface area contributed by atoms with E-state index < -0.39 is 0 Å². The van der Waals surface area contributed by atoms with Gasteiger partial charge in [-0.15, -0.1) is 11.3 Å². The van der Waals surface area contributed by atoms with Gasteiger partial charge in [-0.1, -0.05) is 26.0 Å². The molecule has 2 N–H and O–H groups in total. The molecule has 0 fully saturated rings. The number of anilines is 2. The minimum Gasteiger partial charge on any atom is -0.322 e. The van der Waals surface area contributed by atoms with Gasteiger partial charge in [-0.3, -0.25) is 14.6 Å². The third-order valence-electron chi connectivity index (χ3n) is 4.33. The van der Waals surface area contributed by atoms with Gasteiger partial charge in [-0.2, -0.15) is 0 Å². The molecule has 3 rings (SSSR count). The number of carbonyl (C=O) groups excluding carboxylic acids is 2. The molecule has 3 aromatic rings. The van der Waals surface area contributed by atoms with Crippen LogP contribution in [0.5, 0.6) is 0 Å². The van der Waals surface area contributed by atoms with Gasteiger partial charge in [0.1, 0.15) is 0 Å². The molecule has 0 radical (unpaired) electrons. The van der Waals surface area contributed by atoms with E-state index in [1.54, 1.807) is 42.9 Å². The van der Waals surface area contributed by atoms with Crippen molar-refractivity contribution in [2.75, 3.05) is 10.6 Å². The SMILES string of the molecule is CC(C)c1cnc(NC(=O)C(C)c2ccc(NC(=O)c3ccncc3)cc2)s1. The van der Waals surface area contributed by atoms with Crippen LogP contribution in [0, 0.1) is 0 Å². The summed E-state index contributed by atoms with van der Waals surface area (Å²) in [5.74, 6) is -0.268. The second-order valence-electron chi connectivity index (χ2n) is 6.75. The van der Waals surface area contributed by atoms with E-state index in [-0.39, 0.29) is 17.7 Å². The van der Waals surface area contributed by atoms with Crippen molar-refractivity contribution >= 4 is 34.0 Å². The van der Waals surface area contributed by atoms with Crippen LogP contribution in [0.1, 0.15) is 53.4 Å². The first-order chi connectivity index (χ1) is 13.4. The normalized spacial score (nSPS) is 11.9. The summed E-state index contributed by atoms with van der Waals surface area (Å²) in [7, 11) is 0. The maximum absolute atomic E-state index is 12.5. The van der Waals surface area contributed by atoms with Crippen molar-refractivity contribution in [1.29, 1.82) is 0 Å². The molecule has 0 aliphatic rings. The molecule has 1 aromatic carbocycles. The van der Waals surface area contributed by atoms with E-state index in [1.165, 1.54) is 11.3 Å². The van der Waals surface area contributed by atoms with Crippen molar-refractivity contribution in [3.63, 3.8) is 0 Å². The molecule has 2 heterocycles. The van der Waals surface area contributed by atoms with Gasteiger partial charge in [0.2, 0.25) is 5.91 Å². The summed E-state index contributed by atoms with van der Waals surface area (Å²) < 4.78 is 0. The standard InChI is InChI=1S/C21H22N4O2S/c1-13(2)18-12-23-21(28-18)25-19(26)14(3)15-4-6-17(7-5-15)24-20(27)16-8-10-22-11-9-16/h4-14H,1-3H3,(H,24,27)(H,23,25,26). The number of pyridine rings is 1. The summed E-state index contributed by atoms with van der Waals surface area (Å²) in [6, 6.07) is 10.6. The van der Waals surface area contributed by atoms with Gasteiger partial charge in [-0.25, -0.2) is 4.98 Å². The lowest BCUT2D eigenvalue weighted by Gasteiger charge is -2.12. The average Bonchev–Trinajstić information content (AvgIpc) is 3.17. The van der Waals surface area contributed by atoms with Crippen LogP contribution in [-0.4, -0.2) is 21.8 Å². The zero-order chi connectivity index (χ0) is 20.1. The molecule has 2 aromatic heterocycles. The minimum atomic E-state index is -0.337. The smallest absolute Gasteiger partial charge is 0.255 e. The lowest BCUT2D eigenvalue weighted by molar-refractivity contribution is -0.117. The van der Waals surface area contributed by atoms with Crippen LogP contribution < -0.4 is 10.6 Å². The van der Waals surface area contributed by atoms with Gasteiger partial charge < -0.3 is 10.6 Å². The zero-order valence-corrected chi connectivity index (χ0v) is 16.8. The highest BCUT2D eigenvalue weighted by Crippen LogP contribution is 2.26. The van der Waals surface area contributed by atoms with Crippen molar-refractivity contribution in [1.82, 2.24) is 9.97 Å². The molecule has 0 aliphatic heterocycles. The lowest BCUT2D eigenvalue weighted by Crippen LogP contribution is -2.18. The number of hydrogen-bond acceptors (Lipinski definition) is 5. The Bertz CT molecular complexity index is 952. The van der Waals surface area contributed by atoms with Crippen molar-refractivity contribution in [3.05, 3.63) is 71.0 Å². The van der Waals surface area contributed by atoms with Gasteiger partial charge in [-0.05, 0) is 42.7 Å². The van der Waals surface area contributed by atoms with Gasteiger partial charge in [0.15, 0.2) is 5.13 Å². The quantitative estimate of drug-likeness (QED) is 0.637. The molecule has 144 valence electrons. The second-order valence-corrected chi connectivity index (χ2v) is 7.81. The molecular formula is C21H22N4O2S. The van der Waals surface area contributed by atoms with E-state index in [2.05, 4.69) is 34.4 Å². The average molecular weight is 395 g/mol. The molecule has 7 heteroatoms. The molecule has 0 saturated heterocycles. The summed E-state index contributed by atoms with van der Waals surface area (Å²) in [4.78, 5) is 34.0. The molecule has 0 aliphatic carbocycles. The Morgan fingerprint density at radius 2 is 1.64 bits per heavy atom. The van der Waals surface area contributed by atoms with Gasteiger partial charge >= 0.3 is 0 Å². The Morgan fingerprint density at radius 3 is 2.25 bits per heavy atom. The number of amides is 2. The zero-order valence-electron chi connectivity index (χ0n) is 16.0. The van der Waals surface area contributed by atoms with Crippen molar-refractivity contribution < 1.29 is 9.59 Å². The van der Waals surface area contributed by atoms with E-state index in [0.717, 1.165) is 10.4 Å². The molecule has 28 heavy (non-hydrogen) atoms. The van der Waals surface area contributed by atoms with Crippen LogP contribution in [0.2, 0.25) is 0 Å². The number of benzene rings is 1. The predicted octanol–water partition coefficient (Wildman–Crippen LogP) is 4.66. The van der Waals surface area contributed by atoms with Crippen LogP contribution in [0.3, 0.4) is 0 Å². The Balaban J connectivity index is 1.61. The van der Waals surface area contributed by atoms with E-state index in [0.29, 0.717) is 22.3 Å². The fraction of sp³-hybridized carbons (Fsp3) is 0.238. The number of nitrogens with one attached hydrogen (secondary N) is 2. The number of aromatic nitrogens is 2. The molecular weight excluding hydrogens is 372 g/mol. The lowest BCUT2D eigenvalue weighted by atomic mass is 10.00. The number of rotatable bonds is 6. The number of hydrogen-bond donors (Lipinski definition) is 2. The maximum Gasteiger partial charge on any atom is 0.255 e. The molecule has 2 amide bonds. The van der Waals surface area contributed by atoms with Crippen LogP contribution in [0.25, 0.3) is 0 Å². The molecule has 0 bridgehead atoms. The number of thiazole rings is 1. The molecule has 0 saturated carbocycles. The first-order valence-corrected chi connectivity index (χ1v) is 9.83. The van der Waals surface area contributed by atoms with E-state index in [1.807, 2.05) is 19.1 Å². The van der Waals surface area contributed by atoms with Crippen LogP contribution >= 0.6 is 11.3 Å². The summed E-state index contributed by atoms with van der Waals surface area (Å²) in [5, 5.41) is 6.32. The summed E-state index contributed by atoms with van der Waals surface area (Å²) >= 11 is 1.49. The van der Waals surface area contributed by atoms with Gasteiger partial charge in [0.05, 0.1) is 5.92 Å². The molecule has 0 spiro atoms. The van der Waals surface area contributed by atoms with Crippen molar-refractivity contribution in [2.45, 2.75) is 32.6 Å². The Labute approximate surface area is 168 Å². The van der Waals surface area contributed by atoms with Gasteiger partial charge in [0.25, 0.3) is 5.91 Å². The van der Waals surface area contributed by atoms with Crippen LogP contribution in [0.15, 0.2) is 55.0 Å². The Morgan fingerprint density at radius 1 is 0.964 bits per heavy atom. The first-order valence-electron chi connectivity index (χ1n) is 9.02. The third-order valence-corrected chi connectivity index (χ3v) is 5.54. The first kappa shape index (κ1) is 19.7. The molecule has 1 atom stereocenters. The topological polar surface area (TPSA) is 84.0 Å². The highest BCUT2D eigenvalue weighted by Gasteiger charge is 2.17. The molecule has 6 nitrogen and oxygen atoms in total. The van der Waals surface area contributed by atoms with Crippen molar-refractivity contribution in [3.8, 4) is 0 Å². The van der Waals surface area contributed by atoms with Gasteiger partial charge in [0, 0.05) is 34.7 Å². The van der Waals surface area contributed by atoms with Crippen LogP contribution in [0.4, 0.5) is 10.8 Å². The largest absolute Gasteiger partial charge is 0.322 e. The van der Waals surface area contributed by atoms with Crippen LogP contribution in [-0.2, 0) is 4.79 Å². The predicted molar refractivity (Wildman–Crippen MR) is 112 cm³/mol.